The minimum atomic E-state index is -0.481. The molecule has 0 radical (unpaired) electrons. The maximum Gasteiger partial charge on any atom is 0.417 e. The number of rotatable bonds is 3. The summed E-state index contributed by atoms with van der Waals surface area (Å²) in [7, 11) is 0. The summed E-state index contributed by atoms with van der Waals surface area (Å²) in [5.41, 5.74) is 3.76. The van der Waals surface area contributed by atoms with E-state index >= 15 is 0 Å². The largest absolute Gasteiger partial charge is 0.417 e. The van der Waals surface area contributed by atoms with Crippen LogP contribution in [0.3, 0.4) is 0 Å². The Kier molecular flexibility index (Phi) is 3.31. The number of hydrogen-bond donors (Lipinski definition) is 2. The third-order valence-electron chi connectivity index (χ3n) is 3.25. The van der Waals surface area contributed by atoms with E-state index in [0.717, 1.165) is 11.1 Å². The summed E-state index contributed by atoms with van der Waals surface area (Å²) in [5, 5.41) is 2.84. The first-order valence-electron chi connectivity index (χ1n) is 6.58. The van der Waals surface area contributed by atoms with Gasteiger partial charge in [0, 0.05) is 12.1 Å². The molecular formula is C16H14N2O3. The molecule has 0 spiro atoms. The van der Waals surface area contributed by atoms with Gasteiger partial charge in [0.15, 0.2) is 5.58 Å². The van der Waals surface area contributed by atoms with Crippen molar-refractivity contribution < 1.29 is 9.21 Å². The van der Waals surface area contributed by atoms with Crippen LogP contribution >= 0.6 is 0 Å². The molecule has 0 saturated heterocycles. The van der Waals surface area contributed by atoms with Crippen LogP contribution in [0.15, 0.2) is 51.7 Å². The van der Waals surface area contributed by atoms with Crippen molar-refractivity contribution in [2.45, 2.75) is 13.5 Å². The van der Waals surface area contributed by atoms with Gasteiger partial charge in [0.1, 0.15) is 0 Å². The standard InChI is InChI=1S/C16H14N2O3/c1-10-2-5-12(6-3-10)15(19)17-9-11-4-7-14-13(8-11)18-16(20)21-14/h2-8H,9H2,1H3,(H,17,19)(H,18,20). The Morgan fingerprint density at radius 2 is 1.95 bits per heavy atom. The number of nitrogens with one attached hydrogen (secondary N) is 2. The lowest BCUT2D eigenvalue weighted by molar-refractivity contribution is 0.0951. The van der Waals surface area contributed by atoms with Crippen LogP contribution < -0.4 is 11.1 Å². The van der Waals surface area contributed by atoms with Gasteiger partial charge in [-0.15, -0.1) is 0 Å². The lowest BCUT2D eigenvalue weighted by Gasteiger charge is -2.05. The second-order valence-corrected chi connectivity index (χ2v) is 4.89. The Hall–Kier alpha value is -2.82. The van der Waals surface area contributed by atoms with Crippen LogP contribution in [-0.2, 0) is 6.54 Å². The van der Waals surface area contributed by atoms with Crippen LogP contribution in [0.25, 0.3) is 11.1 Å². The average Bonchev–Trinajstić information content (AvgIpc) is 2.84. The molecule has 0 fully saturated rings. The molecule has 0 unspecified atom stereocenters. The topological polar surface area (TPSA) is 75.1 Å². The molecular weight excluding hydrogens is 268 g/mol. The molecule has 0 saturated carbocycles. The van der Waals surface area contributed by atoms with Gasteiger partial charge in [0.05, 0.1) is 5.52 Å². The highest BCUT2D eigenvalue weighted by atomic mass is 16.4. The number of aromatic amines is 1. The first-order valence-corrected chi connectivity index (χ1v) is 6.58. The second-order valence-electron chi connectivity index (χ2n) is 4.89. The molecule has 3 aromatic rings. The number of H-pyrrole nitrogens is 1. The van der Waals surface area contributed by atoms with Crippen LogP contribution in [-0.4, -0.2) is 10.9 Å². The summed E-state index contributed by atoms with van der Waals surface area (Å²) < 4.78 is 4.93. The fourth-order valence-electron chi connectivity index (χ4n) is 2.10. The maximum atomic E-state index is 12.0. The Labute approximate surface area is 120 Å². The van der Waals surface area contributed by atoms with Crippen molar-refractivity contribution >= 4 is 17.0 Å². The minimum Gasteiger partial charge on any atom is -0.408 e. The first-order chi connectivity index (χ1) is 10.1. The molecule has 0 bridgehead atoms. The molecule has 2 aromatic carbocycles. The van der Waals surface area contributed by atoms with E-state index in [0.29, 0.717) is 23.2 Å². The molecule has 0 atom stereocenters. The lowest BCUT2D eigenvalue weighted by atomic mass is 10.1. The highest BCUT2D eigenvalue weighted by Crippen LogP contribution is 2.12. The lowest BCUT2D eigenvalue weighted by Crippen LogP contribution is -2.22. The molecule has 1 amide bonds. The Balaban J connectivity index is 1.72. The zero-order valence-electron chi connectivity index (χ0n) is 11.5. The monoisotopic (exact) mass is 282 g/mol. The predicted molar refractivity (Wildman–Crippen MR) is 79.2 cm³/mol. The van der Waals surface area contributed by atoms with Crippen LogP contribution in [0.5, 0.6) is 0 Å². The predicted octanol–water partition coefficient (Wildman–Crippen LogP) is 2.36. The quantitative estimate of drug-likeness (QED) is 0.774. The highest BCUT2D eigenvalue weighted by molar-refractivity contribution is 5.94. The van der Waals surface area contributed by atoms with E-state index in [1.54, 1.807) is 24.3 Å². The summed E-state index contributed by atoms with van der Waals surface area (Å²) in [6, 6.07) is 12.7. The molecule has 1 heterocycles. The number of oxazole rings is 1. The highest BCUT2D eigenvalue weighted by Gasteiger charge is 2.06. The second kappa shape index (κ2) is 5.28. The molecule has 3 rings (SSSR count). The normalized spacial score (nSPS) is 10.7. The van der Waals surface area contributed by atoms with Gasteiger partial charge < -0.3 is 9.73 Å². The van der Waals surface area contributed by atoms with Gasteiger partial charge in [-0.2, -0.15) is 0 Å². The molecule has 0 aliphatic rings. The Morgan fingerprint density at radius 3 is 2.71 bits per heavy atom. The van der Waals surface area contributed by atoms with E-state index in [9.17, 15) is 9.59 Å². The molecule has 2 N–H and O–H groups in total. The van der Waals surface area contributed by atoms with E-state index in [-0.39, 0.29) is 5.91 Å². The number of fused-ring (bicyclic) bond motifs is 1. The summed E-state index contributed by atoms with van der Waals surface area (Å²) in [5.74, 6) is -0.610. The van der Waals surface area contributed by atoms with Crippen molar-refractivity contribution in [2.24, 2.45) is 0 Å². The maximum absolute atomic E-state index is 12.0. The summed E-state index contributed by atoms with van der Waals surface area (Å²) in [6.45, 7) is 2.36. The number of amides is 1. The molecule has 21 heavy (non-hydrogen) atoms. The van der Waals surface area contributed by atoms with Crippen molar-refractivity contribution in [3.05, 3.63) is 69.7 Å². The Morgan fingerprint density at radius 1 is 1.19 bits per heavy atom. The van der Waals surface area contributed by atoms with E-state index in [1.165, 1.54) is 0 Å². The van der Waals surface area contributed by atoms with Crippen LogP contribution in [0.2, 0.25) is 0 Å². The average molecular weight is 282 g/mol. The number of carbonyl (C=O) groups is 1. The van der Waals surface area contributed by atoms with Gasteiger partial charge in [0.2, 0.25) is 0 Å². The zero-order valence-corrected chi connectivity index (χ0v) is 11.5. The van der Waals surface area contributed by atoms with Gasteiger partial charge in [-0.3, -0.25) is 9.78 Å². The summed E-state index contributed by atoms with van der Waals surface area (Å²) in [4.78, 5) is 25.7. The molecule has 0 aliphatic heterocycles. The SMILES string of the molecule is Cc1ccc(C(=O)NCc2ccc3oc(=O)[nH]c3c2)cc1. The smallest absolute Gasteiger partial charge is 0.408 e. The number of aryl methyl sites for hydroxylation is 1. The van der Waals surface area contributed by atoms with Crippen LogP contribution in [0, 0.1) is 6.92 Å². The van der Waals surface area contributed by atoms with E-state index in [4.69, 9.17) is 4.42 Å². The van der Waals surface area contributed by atoms with Crippen molar-refractivity contribution in [2.75, 3.05) is 0 Å². The molecule has 5 heteroatoms. The molecule has 5 nitrogen and oxygen atoms in total. The minimum absolute atomic E-state index is 0.129. The van der Waals surface area contributed by atoms with Crippen molar-refractivity contribution in [3.8, 4) is 0 Å². The molecule has 1 aromatic heterocycles. The zero-order chi connectivity index (χ0) is 14.8. The van der Waals surface area contributed by atoms with E-state index in [1.807, 2.05) is 25.1 Å². The third-order valence-corrected chi connectivity index (χ3v) is 3.25. The third kappa shape index (κ3) is 2.86. The fraction of sp³-hybridized carbons (Fsp3) is 0.125. The number of carbonyl (C=O) groups excluding carboxylic acids is 1. The fourth-order valence-corrected chi connectivity index (χ4v) is 2.10. The van der Waals surface area contributed by atoms with E-state index < -0.39 is 5.76 Å². The summed E-state index contributed by atoms with van der Waals surface area (Å²) in [6.07, 6.45) is 0. The van der Waals surface area contributed by atoms with Gasteiger partial charge in [0.25, 0.3) is 5.91 Å². The van der Waals surface area contributed by atoms with Crippen molar-refractivity contribution in [1.82, 2.24) is 10.3 Å². The van der Waals surface area contributed by atoms with E-state index in [2.05, 4.69) is 10.3 Å². The van der Waals surface area contributed by atoms with Gasteiger partial charge >= 0.3 is 5.76 Å². The first kappa shape index (κ1) is 13.2. The molecule has 0 aliphatic carbocycles. The van der Waals surface area contributed by atoms with Gasteiger partial charge in [-0.25, -0.2) is 4.79 Å². The van der Waals surface area contributed by atoms with Gasteiger partial charge in [-0.05, 0) is 36.8 Å². The van der Waals surface area contributed by atoms with Crippen LogP contribution in [0.1, 0.15) is 21.5 Å². The Bertz CT molecular complexity index is 844. The van der Waals surface area contributed by atoms with Crippen LogP contribution in [0.4, 0.5) is 0 Å². The number of hydrogen-bond acceptors (Lipinski definition) is 3. The number of aromatic nitrogens is 1. The number of benzene rings is 2. The molecule has 106 valence electrons. The summed E-state index contributed by atoms with van der Waals surface area (Å²) >= 11 is 0. The van der Waals surface area contributed by atoms with Crippen molar-refractivity contribution in [1.29, 1.82) is 0 Å². The van der Waals surface area contributed by atoms with Crippen molar-refractivity contribution in [3.63, 3.8) is 0 Å². The van der Waals surface area contributed by atoms with Gasteiger partial charge in [-0.1, -0.05) is 23.8 Å².